The fourth-order valence-electron chi connectivity index (χ4n) is 3.23. The van der Waals surface area contributed by atoms with Crippen molar-refractivity contribution in [3.05, 3.63) is 61.5 Å². The molecule has 1 heterocycles. The van der Waals surface area contributed by atoms with Gasteiger partial charge in [0.1, 0.15) is 5.75 Å². The maximum atomic E-state index is 12.5. The second-order valence-corrected chi connectivity index (χ2v) is 9.30. The number of hydrogen-bond donors (Lipinski definition) is 1. The summed E-state index contributed by atoms with van der Waals surface area (Å²) in [6, 6.07) is 8.14. The number of thioether (sulfide) groups is 1. The van der Waals surface area contributed by atoms with Crippen LogP contribution in [0.25, 0.3) is 6.08 Å². The largest absolute Gasteiger partial charge is 0.496 e. The van der Waals surface area contributed by atoms with Crippen LogP contribution in [0.5, 0.6) is 5.75 Å². The smallest absolute Gasteiger partial charge is 0.264 e. The number of nitrogens with zero attached hydrogens (tertiary/aromatic N) is 1. The summed E-state index contributed by atoms with van der Waals surface area (Å²) < 4.78 is 6.60. The molecule has 4 nitrogen and oxygen atoms in total. The zero-order valence-electron chi connectivity index (χ0n) is 17.5. The molecule has 0 aliphatic carbocycles. The maximum Gasteiger partial charge on any atom is 0.264 e. The van der Waals surface area contributed by atoms with Gasteiger partial charge in [0.15, 0.2) is 5.17 Å². The minimum absolute atomic E-state index is 0.124. The second kappa shape index (κ2) is 8.76. The summed E-state index contributed by atoms with van der Waals surface area (Å²) in [5, 5.41) is 3.47. The molecule has 0 aromatic heterocycles. The monoisotopic (exact) mass is 472 g/mol. The summed E-state index contributed by atoms with van der Waals surface area (Å²) >= 11 is 4.94. The van der Waals surface area contributed by atoms with E-state index >= 15 is 0 Å². The van der Waals surface area contributed by atoms with Crippen LogP contribution in [-0.2, 0) is 4.79 Å². The molecule has 0 radical (unpaired) electrons. The second-order valence-electron chi connectivity index (χ2n) is 7.48. The molecule has 1 amide bonds. The Kier molecular flexibility index (Phi) is 6.54. The first-order chi connectivity index (χ1) is 13.7. The molecule has 0 unspecified atom stereocenters. The summed E-state index contributed by atoms with van der Waals surface area (Å²) in [5.74, 6) is 1.08. The Balaban J connectivity index is 1.93. The fraction of sp³-hybridized carbons (Fsp3) is 0.304. The van der Waals surface area contributed by atoms with Gasteiger partial charge in [-0.2, -0.15) is 0 Å². The number of methoxy groups -OCH3 is 1. The average Bonchev–Trinajstić information content (AvgIpc) is 2.99. The molecule has 0 bridgehead atoms. The number of aliphatic imine (C=N–C) groups is 1. The molecule has 29 heavy (non-hydrogen) atoms. The molecular formula is C23H25BrN2O2S. The first-order valence-electron chi connectivity index (χ1n) is 9.44. The zero-order chi connectivity index (χ0) is 21.3. The highest BCUT2D eigenvalue weighted by Gasteiger charge is 2.24. The van der Waals surface area contributed by atoms with Gasteiger partial charge in [0.05, 0.1) is 17.7 Å². The predicted molar refractivity (Wildman–Crippen MR) is 126 cm³/mol. The van der Waals surface area contributed by atoms with Crippen LogP contribution < -0.4 is 10.1 Å². The number of benzene rings is 2. The van der Waals surface area contributed by atoms with Crippen LogP contribution in [-0.4, -0.2) is 18.2 Å². The molecule has 1 saturated heterocycles. The lowest BCUT2D eigenvalue weighted by atomic mass is 9.96. The number of carbonyl (C=O) groups excluding carboxylic acids is 1. The van der Waals surface area contributed by atoms with Crippen molar-refractivity contribution < 1.29 is 9.53 Å². The van der Waals surface area contributed by atoms with Crippen molar-refractivity contribution >= 4 is 50.5 Å². The van der Waals surface area contributed by atoms with E-state index in [0.717, 1.165) is 43.7 Å². The molecule has 1 fully saturated rings. The van der Waals surface area contributed by atoms with Gasteiger partial charge in [-0.3, -0.25) is 4.79 Å². The first kappa shape index (κ1) is 21.7. The van der Waals surface area contributed by atoms with E-state index in [1.807, 2.05) is 45.0 Å². The lowest BCUT2D eigenvalue weighted by Crippen LogP contribution is -2.19. The van der Waals surface area contributed by atoms with Gasteiger partial charge in [-0.05, 0) is 96.6 Å². The number of nitrogens with one attached hydrogen (secondary N) is 1. The molecule has 2 aromatic rings. The van der Waals surface area contributed by atoms with Crippen molar-refractivity contribution in [2.75, 3.05) is 7.11 Å². The minimum atomic E-state index is -0.124. The normalized spacial score (nSPS) is 16.8. The van der Waals surface area contributed by atoms with Crippen LogP contribution in [0.2, 0.25) is 0 Å². The Bertz CT molecular complexity index is 1020. The van der Waals surface area contributed by atoms with Gasteiger partial charge in [-0.15, -0.1) is 0 Å². The predicted octanol–water partition coefficient (Wildman–Crippen LogP) is 6.40. The highest BCUT2D eigenvalue weighted by atomic mass is 79.9. The number of halogens is 1. The van der Waals surface area contributed by atoms with Crippen LogP contribution in [0, 0.1) is 20.8 Å². The Morgan fingerprint density at radius 1 is 1.10 bits per heavy atom. The third kappa shape index (κ3) is 4.75. The molecule has 3 rings (SSSR count). The van der Waals surface area contributed by atoms with Crippen molar-refractivity contribution in [2.45, 2.75) is 40.5 Å². The van der Waals surface area contributed by atoms with E-state index in [4.69, 9.17) is 4.74 Å². The number of amidine groups is 1. The molecular weight excluding hydrogens is 448 g/mol. The van der Waals surface area contributed by atoms with E-state index in [1.54, 1.807) is 7.11 Å². The molecule has 152 valence electrons. The van der Waals surface area contributed by atoms with E-state index < -0.39 is 0 Å². The summed E-state index contributed by atoms with van der Waals surface area (Å²) in [7, 11) is 1.69. The molecule has 6 heteroatoms. The third-order valence-electron chi connectivity index (χ3n) is 4.83. The van der Waals surface area contributed by atoms with Crippen LogP contribution >= 0.6 is 27.7 Å². The first-order valence-corrected chi connectivity index (χ1v) is 11.1. The number of carbonyl (C=O) groups is 1. The molecule has 2 aromatic carbocycles. The highest BCUT2D eigenvalue weighted by molar-refractivity contribution is 9.10. The molecule has 0 atom stereocenters. The summed E-state index contributed by atoms with van der Waals surface area (Å²) in [4.78, 5) is 17.8. The molecule has 1 N–H and O–H groups in total. The standard InChI is InChI=1S/C23H25BrN2O2S/c1-12(2)18-10-16(13(3)9-19(18)28-6)11-20-22(27)26-23(29-20)25-17-7-14(4)21(24)15(5)8-17/h7-12H,1-6H3,(H,25,26,27)/b20-11-. The molecule has 1 aliphatic rings. The lowest BCUT2D eigenvalue weighted by molar-refractivity contribution is -0.115. The van der Waals surface area contributed by atoms with E-state index in [1.165, 1.54) is 11.8 Å². The van der Waals surface area contributed by atoms with Gasteiger partial charge in [0.2, 0.25) is 0 Å². The Hall–Kier alpha value is -2.05. The number of ether oxygens (including phenoxy) is 1. The van der Waals surface area contributed by atoms with E-state index in [0.29, 0.717) is 16.0 Å². The van der Waals surface area contributed by atoms with E-state index in [-0.39, 0.29) is 5.91 Å². The SMILES string of the molecule is COc1cc(C)c(/C=C2\SC(=Nc3cc(C)c(Br)c(C)c3)NC2=O)cc1C(C)C. The Morgan fingerprint density at radius 3 is 2.34 bits per heavy atom. The number of hydrogen-bond acceptors (Lipinski definition) is 4. The summed E-state index contributed by atoms with van der Waals surface area (Å²) in [6.45, 7) is 10.4. The fourth-order valence-corrected chi connectivity index (χ4v) is 4.29. The zero-order valence-corrected chi connectivity index (χ0v) is 19.9. The number of rotatable bonds is 4. The van der Waals surface area contributed by atoms with Gasteiger partial charge in [-0.25, -0.2) is 4.99 Å². The lowest BCUT2D eigenvalue weighted by Gasteiger charge is -2.14. The van der Waals surface area contributed by atoms with Crippen molar-refractivity contribution in [3.63, 3.8) is 0 Å². The van der Waals surface area contributed by atoms with Crippen LogP contribution in [0.4, 0.5) is 5.69 Å². The van der Waals surface area contributed by atoms with Crippen LogP contribution in [0.15, 0.2) is 38.6 Å². The van der Waals surface area contributed by atoms with Crippen molar-refractivity contribution in [2.24, 2.45) is 4.99 Å². The van der Waals surface area contributed by atoms with Gasteiger partial charge < -0.3 is 10.1 Å². The van der Waals surface area contributed by atoms with Crippen LogP contribution in [0.1, 0.15) is 47.6 Å². The van der Waals surface area contributed by atoms with E-state index in [9.17, 15) is 4.79 Å². The molecule has 0 spiro atoms. The minimum Gasteiger partial charge on any atom is -0.496 e. The van der Waals surface area contributed by atoms with Crippen molar-refractivity contribution in [1.82, 2.24) is 5.32 Å². The Morgan fingerprint density at radius 2 is 1.76 bits per heavy atom. The van der Waals surface area contributed by atoms with Gasteiger partial charge >= 0.3 is 0 Å². The number of aryl methyl sites for hydroxylation is 3. The van der Waals surface area contributed by atoms with Gasteiger partial charge in [-0.1, -0.05) is 29.8 Å². The summed E-state index contributed by atoms with van der Waals surface area (Å²) in [6.07, 6.45) is 1.93. The topological polar surface area (TPSA) is 50.7 Å². The van der Waals surface area contributed by atoms with E-state index in [2.05, 4.69) is 46.2 Å². The molecule has 1 aliphatic heterocycles. The van der Waals surface area contributed by atoms with Gasteiger partial charge in [0.25, 0.3) is 5.91 Å². The van der Waals surface area contributed by atoms with Crippen molar-refractivity contribution in [3.8, 4) is 5.75 Å². The number of amides is 1. The maximum absolute atomic E-state index is 12.5. The highest BCUT2D eigenvalue weighted by Crippen LogP contribution is 2.34. The van der Waals surface area contributed by atoms with Gasteiger partial charge in [0, 0.05) is 4.47 Å². The third-order valence-corrected chi connectivity index (χ3v) is 6.99. The van der Waals surface area contributed by atoms with Crippen molar-refractivity contribution in [1.29, 1.82) is 0 Å². The summed E-state index contributed by atoms with van der Waals surface area (Å²) in [5.41, 5.74) is 6.27. The quantitative estimate of drug-likeness (QED) is 0.523. The Labute approximate surface area is 185 Å². The molecule has 0 saturated carbocycles. The average molecular weight is 473 g/mol. The van der Waals surface area contributed by atoms with Crippen LogP contribution in [0.3, 0.4) is 0 Å².